The molecular weight excluding hydrogens is 138 g/mol. The van der Waals surface area contributed by atoms with Crippen LogP contribution in [0.25, 0.3) is 0 Å². The van der Waals surface area contributed by atoms with Gasteiger partial charge in [0.15, 0.2) is 0 Å². The van der Waals surface area contributed by atoms with Crippen LogP contribution in [0.3, 0.4) is 0 Å². The van der Waals surface area contributed by atoms with Gasteiger partial charge in [-0.3, -0.25) is 4.79 Å². The van der Waals surface area contributed by atoms with Gasteiger partial charge in [-0.25, -0.2) is 0 Å². The van der Waals surface area contributed by atoms with Crippen LogP contribution in [0.2, 0.25) is 0 Å². The highest BCUT2D eigenvalue weighted by Crippen LogP contribution is 1.96. The largest absolute Gasteiger partial charge is 0.480 e. The fourth-order valence-electron chi connectivity index (χ4n) is 0.257. The molecule has 0 radical (unpaired) electrons. The molecule has 0 saturated carbocycles. The van der Waals surface area contributed by atoms with E-state index >= 15 is 0 Å². The van der Waals surface area contributed by atoms with E-state index in [1.807, 2.05) is 0 Å². The van der Waals surface area contributed by atoms with Gasteiger partial charge in [-0.2, -0.15) is 0 Å². The zero-order chi connectivity index (χ0) is 13.3. The predicted octanol–water partition coefficient (Wildman–Crippen LogP) is -0.473. The Morgan fingerprint density at radius 1 is 1.70 bits per heavy atom. The van der Waals surface area contributed by atoms with E-state index in [2.05, 4.69) is 0 Å². The van der Waals surface area contributed by atoms with Crippen LogP contribution in [0.5, 0.6) is 0 Å². The van der Waals surface area contributed by atoms with Gasteiger partial charge in [-0.15, -0.1) is 0 Å². The lowest BCUT2D eigenvalue weighted by Crippen LogP contribution is -2.29. The lowest BCUT2D eigenvalue weighted by Gasteiger charge is -2.03. The number of carboxylic acids is 1. The van der Waals surface area contributed by atoms with Crippen molar-refractivity contribution in [2.75, 3.05) is 6.52 Å². The Bertz CT molecular complexity index is 272. The third-order valence-electron chi connectivity index (χ3n) is 0.715. The standard InChI is InChI=1S/C6H14N2O2/c7-4-2-1-3-5(8)6(9)10/h5H,1-4,7-8H2,(H,9,10)/t5-/m0/s1/i1+0D2,2+0D2,3+1D,4+1D,5+1,6+1,7+1,8+1/t3-,4-,5-. The van der Waals surface area contributed by atoms with Gasteiger partial charge in [-0.1, -0.05) is 6.37 Å². The number of rotatable bonds is 5. The van der Waals surface area contributed by atoms with Crippen molar-refractivity contribution < 1.29 is 18.1 Å². The smallest absolute Gasteiger partial charge is 0.320 e. The third kappa shape index (κ3) is 4.29. The van der Waals surface area contributed by atoms with Crippen molar-refractivity contribution in [3.8, 4) is 0 Å². The minimum Gasteiger partial charge on any atom is -0.480 e. The molecule has 0 rings (SSSR count). The normalized spacial score (nSPS) is 31.0. The molecule has 0 aromatic heterocycles. The number of aliphatic carboxylic acids is 1. The fraction of sp³-hybridized carbons (Fsp3) is 0.833. The predicted molar refractivity (Wildman–Crippen MR) is 38.5 cm³/mol. The fourth-order valence-corrected chi connectivity index (χ4v) is 0.257. The molecule has 60 valence electrons. The molecular formula is C6H14N2O2. The molecule has 0 heterocycles. The maximum absolute atomic E-state index is 10.5. The summed E-state index contributed by atoms with van der Waals surface area (Å²) in [6, 6.07) is -1.89. The summed E-state index contributed by atoms with van der Waals surface area (Å²) in [7, 11) is 0. The highest BCUT2D eigenvalue weighted by molar-refractivity contribution is 5.72. The molecule has 0 amide bonds. The lowest BCUT2D eigenvalue weighted by atomic mass is 10.5. The van der Waals surface area contributed by atoms with Crippen LogP contribution >= 0.6 is 0 Å². The molecule has 5 N–H and O–H groups in total. The van der Waals surface area contributed by atoms with Gasteiger partial charge in [0.1, 0.15) is 6.04 Å². The van der Waals surface area contributed by atoms with Crippen molar-refractivity contribution >= 4 is 5.97 Å². The van der Waals surface area contributed by atoms with Crippen LogP contribution in [0.15, 0.2) is 0 Å². The maximum atomic E-state index is 10.5. The van der Waals surface area contributed by atoms with Crippen molar-refractivity contribution in [3.63, 3.8) is 0 Å². The second-order valence-electron chi connectivity index (χ2n) is 1.49. The van der Waals surface area contributed by atoms with Crippen LogP contribution in [0, 0.1) is 0 Å². The van der Waals surface area contributed by atoms with Gasteiger partial charge < -0.3 is 16.6 Å². The number of carboxylic acid groups (broad SMARTS) is 1. The van der Waals surface area contributed by atoms with Crippen molar-refractivity contribution in [3.05, 3.63) is 0 Å². The summed E-state index contributed by atoms with van der Waals surface area (Å²) < 4.78 is 43.5. The molecule has 3 atom stereocenters. The van der Waals surface area contributed by atoms with Crippen molar-refractivity contribution in [2.24, 2.45) is 11.5 Å². The SMILES string of the molecule is [2H][13C@H]([15NH2])[12C]([2H])([2H])[12C]([2H])([2H])[13C@H]([2H])[13C@H]([15NH2])[13C](=O)O. The second-order valence-corrected chi connectivity index (χ2v) is 1.49. The first-order valence-electron chi connectivity index (χ1n) is 5.70. The highest BCUT2D eigenvalue weighted by atomic mass is 16.5. The molecule has 0 aliphatic rings. The van der Waals surface area contributed by atoms with E-state index in [0.29, 0.717) is 0 Å². The number of hydrogen-bond donors (Lipinski definition) is 3. The molecule has 4 nitrogen and oxygen atoms in total. The Morgan fingerprint density at radius 3 is 2.70 bits per heavy atom. The van der Waals surface area contributed by atoms with E-state index in [9.17, 15) is 4.79 Å². The summed E-state index contributed by atoms with van der Waals surface area (Å²) in [5.41, 5.74) is 10.00. The van der Waals surface area contributed by atoms with E-state index < -0.39 is 37.7 Å². The highest BCUT2D eigenvalue weighted by Gasteiger charge is 2.09. The Balaban J connectivity index is 5.12. The van der Waals surface area contributed by atoms with E-state index in [0.717, 1.165) is 0 Å². The van der Waals surface area contributed by atoms with Crippen LogP contribution in [-0.2, 0) is 4.79 Å². The van der Waals surface area contributed by atoms with Gasteiger partial charge in [0.2, 0.25) is 0 Å². The molecule has 0 unspecified atom stereocenters. The quantitative estimate of drug-likeness (QED) is 0.372. The molecule has 0 aliphatic carbocycles. The summed E-state index contributed by atoms with van der Waals surface area (Å²) in [6.45, 7) is -1.93. The number of carbonyl (C=O) groups is 1. The Hall–Kier alpha value is -0.610. The maximum Gasteiger partial charge on any atom is 0.320 e. The van der Waals surface area contributed by atoms with E-state index in [1.165, 1.54) is 0 Å². The van der Waals surface area contributed by atoms with E-state index in [1.54, 1.807) is 0 Å². The summed E-state index contributed by atoms with van der Waals surface area (Å²) in [6.07, 6.45) is -7.87. The topological polar surface area (TPSA) is 89.3 Å². The molecule has 0 bridgehead atoms. The number of hydrogen-bond acceptors (Lipinski definition) is 3. The van der Waals surface area contributed by atoms with Gasteiger partial charge in [0.05, 0.1) is 0 Å². The molecule has 0 aromatic rings. The Kier molecular flexibility index (Phi) is 1.66. The number of nitrogens with two attached hydrogens (primary N) is 2. The van der Waals surface area contributed by atoms with Crippen molar-refractivity contribution in [2.45, 2.75) is 25.2 Å². The van der Waals surface area contributed by atoms with Crippen LogP contribution in [0.1, 0.15) is 27.4 Å². The van der Waals surface area contributed by atoms with Gasteiger partial charge in [-0.05, 0) is 19.3 Å². The molecule has 0 spiro atoms. The first-order valence-corrected chi connectivity index (χ1v) is 2.54. The first-order chi connectivity index (χ1) is 6.96. The average molecular weight is 158 g/mol. The minimum atomic E-state index is -2.94. The molecule has 4 heteroatoms. The van der Waals surface area contributed by atoms with Crippen molar-refractivity contribution in [1.29, 1.82) is 0 Å². The summed E-state index contributed by atoms with van der Waals surface area (Å²) >= 11 is 0. The summed E-state index contributed by atoms with van der Waals surface area (Å²) in [4.78, 5) is 10.5. The molecule has 0 aromatic carbocycles. The summed E-state index contributed by atoms with van der Waals surface area (Å²) in [5, 5.41) is 8.51. The minimum absolute atomic E-state index is 1.61. The van der Waals surface area contributed by atoms with Crippen LogP contribution in [0.4, 0.5) is 0 Å². The van der Waals surface area contributed by atoms with Crippen LogP contribution in [-0.4, -0.2) is 23.6 Å². The zero-order valence-electron chi connectivity index (χ0n) is 11.2. The van der Waals surface area contributed by atoms with Gasteiger partial charge >= 0.3 is 5.97 Å². The Labute approximate surface area is 68.6 Å². The van der Waals surface area contributed by atoms with Gasteiger partial charge in [0, 0.05) is 8.22 Å². The first kappa shape index (κ1) is 3.19. The van der Waals surface area contributed by atoms with Crippen molar-refractivity contribution in [1.82, 2.24) is 0 Å². The summed E-state index contributed by atoms with van der Waals surface area (Å²) in [5.74, 6) is -1.61. The Morgan fingerprint density at radius 2 is 2.30 bits per heavy atom. The van der Waals surface area contributed by atoms with Gasteiger partial charge in [0.25, 0.3) is 0 Å². The molecule has 0 saturated heterocycles. The second kappa shape index (κ2) is 5.20. The van der Waals surface area contributed by atoms with E-state index in [-0.39, 0.29) is 0 Å². The zero-order valence-corrected chi connectivity index (χ0v) is 5.24. The van der Waals surface area contributed by atoms with E-state index in [4.69, 9.17) is 24.8 Å². The molecule has 0 aliphatic heterocycles. The molecule has 10 heavy (non-hydrogen) atoms. The molecule has 0 fully saturated rings. The average Bonchev–Trinajstić information content (AvgIpc) is 2.14. The third-order valence-corrected chi connectivity index (χ3v) is 0.715. The van der Waals surface area contributed by atoms with Crippen LogP contribution < -0.4 is 11.5 Å². The monoisotopic (exact) mass is 158 g/mol. The lowest BCUT2D eigenvalue weighted by molar-refractivity contribution is -0.138.